The molecule has 292 valence electrons. The lowest BCUT2D eigenvalue weighted by Gasteiger charge is -2.24. The van der Waals surface area contributed by atoms with E-state index in [-0.39, 0.29) is 19.6 Å². The molecule has 0 saturated heterocycles. The molecule has 0 heterocycles. The predicted molar refractivity (Wildman–Crippen MR) is 200 cm³/mol. The summed E-state index contributed by atoms with van der Waals surface area (Å²) in [5.74, 6) is 1.19. The number of hydrogen-bond donors (Lipinski definition) is 4. The van der Waals surface area contributed by atoms with Gasteiger partial charge >= 0.3 is 5.97 Å². The maximum atomic E-state index is 12.5. The summed E-state index contributed by atoms with van der Waals surface area (Å²) in [5.41, 5.74) is 0. The molecule has 5 unspecified atom stereocenters. The van der Waals surface area contributed by atoms with Crippen LogP contribution in [0.15, 0.2) is 0 Å². The van der Waals surface area contributed by atoms with Crippen molar-refractivity contribution in [2.75, 3.05) is 19.8 Å². The van der Waals surface area contributed by atoms with Gasteiger partial charge < -0.3 is 34.6 Å². The number of carbonyl (C=O) groups is 1. The highest BCUT2D eigenvalue weighted by molar-refractivity contribution is 5.69. The Morgan fingerprint density at radius 3 is 1.53 bits per heavy atom. The van der Waals surface area contributed by atoms with Crippen LogP contribution in [0.4, 0.5) is 0 Å². The SMILES string of the molecule is CCCCCCC(C)CCCCCCCCCOC[C@H](O)COC1C(OC(=O)CCCCCCCCC(C)CCCCC)[C@H](O)C(O)[C@@H]1O. The van der Waals surface area contributed by atoms with E-state index in [4.69, 9.17) is 14.2 Å². The number of unbranched alkanes of at least 4 members (excludes halogenated alkanes) is 16. The van der Waals surface area contributed by atoms with Gasteiger partial charge in [0, 0.05) is 13.0 Å². The highest BCUT2D eigenvalue weighted by atomic mass is 16.6. The van der Waals surface area contributed by atoms with Crippen molar-refractivity contribution in [2.45, 2.75) is 225 Å². The first-order valence-corrected chi connectivity index (χ1v) is 20.8. The molecule has 0 aromatic heterocycles. The van der Waals surface area contributed by atoms with E-state index in [2.05, 4.69) is 27.7 Å². The Hall–Kier alpha value is -0.770. The van der Waals surface area contributed by atoms with Crippen molar-refractivity contribution in [3.05, 3.63) is 0 Å². The van der Waals surface area contributed by atoms with Crippen molar-refractivity contribution in [1.29, 1.82) is 0 Å². The Bertz CT molecular complexity index is 751. The Morgan fingerprint density at radius 2 is 0.980 bits per heavy atom. The third-order valence-electron chi connectivity index (χ3n) is 10.4. The topological polar surface area (TPSA) is 126 Å². The second-order valence-electron chi connectivity index (χ2n) is 15.4. The first-order valence-electron chi connectivity index (χ1n) is 20.8. The van der Waals surface area contributed by atoms with Crippen LogP contribution in [-0.4, -0.2) is 82.8 Å². The summed E-state index contributed by atoms with van der Waals surface area (Å²) in [7, 11) is 0. The highest BCUT2D eigenvalue weighted by Crippen LogP contribution is 2.28. The van der Waals surface area contributed by atoms with Crippen LogP contribution in [-0.2, 0) is 19.0 Å². The molecule has 0 aromatic carbocycles. The van der Waals surface area contributed by atoms with Gasteiger partial charge in [0.1, 0.15) is 30.5 Å². The van der Waals surface area contributed by atoms with E-state index in [1.807, 2.05) is 0 Å². The average molecular weight is 701 g/mol. The molecule has 0 aromatic rings. The third kappa shape index (κ3) is 23.4. The van der Waals surface area contributed by atoms with Gasteiger partial charge in [-0.05, 0) is 24.7 Å². The number of ether oxygens (including phenoxy) is 3. The molecule has 8 heteroatoms. The Morgan fingerprint density at radius 1 is 0.551 bits per heavy atom. The fraction of sp³-hybridized carbons (Fsp3) is 0.976. The van der Waals surface area contributed by atoms with Crippen LogP contribution in [0.25, 0.3) is 0 Å². The summed E-state index contributed by atoms with van der Waals surface area (Å²) in [4.78, 5) is 12.5. The van der Waals surface area contributed by atoms with E-state index in [1.54, 1.807) is 0 Å². The predicted octanol–water partition coefficient (Wildman–Crippen LogP) is 8.82. The average Bonchev–Trinajstić information content (AvgIpc) is 3.28. The van der Waals surface area contributed by atoms with Gasteiger partial charge in [0.15, 0.2) is 6.10 Å². The van der Waals surface area contributed by atoms with Crippen molar-refractivity contribution in [3.8, 4) is 0 Å². The van der Waals surface area contributed by atoms with Gasteiger partial charge in [0.25, 0.3) is 0 Å². The number of hydrogen-bond acceptors (Lipinski definition) is 8. The van der Waals surface area contributed by atoms with Crippen LogP contribution in [0.5, 0.6) is 0 Å². The van der Waals surface area contributed by atoms with Gasteiger partial charge in [0.2, 0.25) is 0 Å². The molecule has 49 heavy (non-hydrogen) atoms. The molecule has 1 rings (SSSR count). The van der Waals surface area contributed by atoms with Gasteiger partial charge in [-0.25, -0.2) is 0 Å². The fourth-order valence-electron chi connectivity index (χ4n) is 7.01. The second kappa shape index (κ2) is 30.8. The van der Waals surface area contributed by atoms with E-state index in [9.17, 15) is 25.2 Å². The zero-order chi connectivity index (χ0) is 36.1. The number of carbonyl (C=O) groups excluding carboxylic acids is 1. The lowest BCUT2D eigenvalue weighted by atomic mass is 9.96. The van der Waals surface area contributed by atoms with Gasteiger partial charge in [-0.15, -0.1) is 0 Å². The molecule has 1 aliphatic carbocycles. The van der Waals surface area contributed by atoms with Crippen LogP contribution in [0, 0.1) is 11.8 Å². The van der Waals surface area contributed by atoms with E-state index in [0.717, 1.165) is 43.9 Å². The smallest absolute Gasteiger partial charge is 0.306 e. The molecule has 0 radical (unpaired) electrons. The molecule has 4 N–H and O–H groups in total. The summed E-state index contributed by atoms with van der Waals surface area (Å²) in [5, 5.41) is 41.4. The Kier molecular flexibility index (Phi) is 29.1. The molecule has 0 amide bonds. The van der Waals surface area contributed by atoms with Crippen LogP contribution in [0.2, 0.25) is 0 Å². The summed E-state index contributed by atoms with van der Waals surface area (Å²) in [6.07, 6.45) is 22.2. The van der Waals surface area contributed by atoms with Crippen LogP contribution < -0.4 is 0 Å². The van der Waals surface area contributed by atoms with Crippen molar-refractivity contribution < 1.29 is 39.4 Å². The molecule has 0 bridgehead atoms. The van der Waals surface area contributed by atoms with Gasteiger partial charge in [0.05, 0.1) is 13.2 Å². The van der Waals surface area contributed by atoms with Gasteiger partial charge in [-0.1, -0.05) is 169 Å². The Labute approximate surface area is 301 Å². The lowest BCUT2D eigenvalue weighted by molar-refractivity contribution is -0.168. The van der Waals surface area contributed by atoms with Crippen molar-refractivity contribution in [3.63, 3.8) is 0 Å². The summed E-state index contributed by atoms with van der Waals surface area (Å²) >= 11 is 0. The summed E-state index contributed by atoms with van der Waals surface area (Å²) < 4.78 is 16.8. The lowest BCUT2D eigenvalue weighted by Crippen LogP contribution is -2.41. The monoisotopic (exact) mass is 701 g/mol. The van der Waals surface area contributed by atoms with Crippen molar-refractivity contribution >= 4 is 5.97 Å². The molecular weight excluding hydrogens is 620 g/mol. The summed E-state index contributed by atoms with van der Waals surface area (Å²) in [6, 6.07) is 0. The molecule has 1 aliphatic rings. The first-order chi connectivity index (χ1) is 23.7. The molecule has 8 atom stereocenters. The third-order valence-corrected chi connectivity index (χ3v) is 10.4. The first kappa shape index (κ1) is 46.3. The molecule has 1 fully saturated rings. The van der Waals surface area contributed by atoms with Gasteiger partial charge in [-0.3, -0.25) is 4.79 Å². The normalized spacial score (nSPS) is 22.7. The van der Waals surface area contributed by atoms with Crippen LogP contribution >= 0.6 is 0 Å². The van der Waals surface area contributed by atoms with E-state index >= 15 is 0 Å². The zero-order valence-corrected chi connectivity index (χ0v) is 32.3. The molecule has 8 nitrogen and oxygen atoms in total. The highest BCUT2D eigenvalue weighted by Gasteiger charge is 2.52. The number of rotatable bonds is 34. The molecule has 0 aliphatic heterocycles. The molecule has 0 spiro atoms. The minimum Gasteiger partial charge on any atom is -0.457 e. The maximum absolute atomic E-state index is 12.5. The quantitative estimate of drug-likeness (QED) is 0.0388. The Balaban J connectivity index is 2.11. The largest absolute Gasteiger partial charge is 0.457 e. The summed E-state index contributed by atoms with van der Waals surface area (Å²) in [6.45, 7) is 9.76. The number of aliphatic hydroxyl groups is 4. The molecule has 1 saturated carbocycles. The second-order valence-corrected chi connectivity index (χ2v) is 15.4. The number of esters is 1. The fourth-order valence-corrected chi connectivity index (χ4v) is 7.01. The van der Waals surface area contributed by atoms with Crippen molar-refractivity contribution in [1.82, 2.24) is 0 Å². The minimum absolute atomic E-state index is 0.0903. The van der Waals surface area contributed by atoms with Crippen LogP contribution in [0.3, 0.4) is 0 Å². The van der Waals surface area contributed by atoms with E-state index in [0.29, 0.717) is 13.0 Å². The standard InChI is InChI=1S/C41H80O8/c1-5-7-9-20-26-34(4)28-21-15-11-10-14-18-24-30-47-31-35(42)32-48-40-38(45)37(44)39(46)41(40)49-36(43)29-23-17-13-12-16-22-27-33(3)25-19-8-6-2/h33-35,37-42,44-46H,5-32H2,1-4H3/t33?,34?,35-,37?,38-,39+,40?,41?/m0/s1. The van der Waals surface area contributed by atoms with E-state index < -0.39 is 42.6 Å². The molecular formula is C41H80O8. The maximum Gasteiger partial charge on any atom is 0.306 e. The number of aliphatic hydroxyl groups excluding tert-OH is 4. The van der Waals surface area contributed by atoms with Gasteiger partial charge in [-0.2, -0.15) is 0 Å². The van der Waals surface area contributed by atoms with E-state index in [1.165, 1.54) is 116 Å². The minimum atomic E-state index is -1.49. The van der Waals surface area contributed by atoms with Crippen LogP contribution in [0.1, 0.15) is 188 Å². The zero-order valence-electron chi connectivity index (χ0n) is 32.3. The van der Waals surface area contributed by atoms with Crippen molar-refractivity contribution in [2.24, 2.45) is 11.8 Å².